The van der Waals surface area contributed by atoms with Gasteiger partial charge in [-0.3, -0.25) is 0 Å². The smallest absolute Gasteiger partial charge is 0.320 e. The predicted octanol–water partition coefficient (Wildman–Crippen LogP) is 5.28. The van der Waals surface area contributed by atoms with Crippen LogP contribution in [-0.2, 0) is 0 Å². The van der Waals surface area contributed by atoms with Crippen LogP contribution in [0, 0.1) is 13.8 Å². The Hall–Kier alpha value is -2.59. The molecule has 0 unspecified atom stereocenters. The number of nitrogens with one attached hydrogen (secondary N) is 2. The molecule has 3 rings (SSSR count). The zero-order valence-corrected chi connectivity index (χ0v) is 14.6. The molecule has 1 atom stereocenters. The second-order valence-electron chi connectivity index (χ2n) is 5.82. The minimum absolute atomic E-state index is 0.156. The van der Waals surface area contributed by atoms with Crippen LogP contribution in [0.15, 0.2) is 66.0 Å². The average molecular weight is 336 g/mol. The lowest BCUT2D eigenvalue weighted by atomic mass is 10.0. The Bertz CT molecular complexity index is 793. The van der Waals surface area contributed by atoms with Gasteiger partial charge >= 0.3 is 6.03 Å². The molecule has 0 saturated carbocycles. The number of urea groups is 1. The summed E-state index contributed by atoms with van der Waals surface area (Å²) in [6.07, 6.45) is 0. The molecule has 3 nitrogen and oxygen atoms in total. The van der Waals surface area contributed by atoms with E-state index in [9.17, 15) is 4.79 Å². The zero-order valence-electron chi connectivity index (χ0n) is 13.7. The van der Waals surface area contributed by atoms with Gasteiger partial charge in [-0.15, -0.1) is 11.3 Å². The molecule has 0 aliphatic carbocycles. The van der Waals surface area contributed by atoms with Crippen molar-refractivity contribution in [3.8, 4) is 0 Å². The van der Waals surface area contributed by atoms with Gasteiger partial charge in [-0.1, -0.05) is 53.6 Å². The van der Waals surface area contributed by atoms with Gasteiger partial charge in [-0.05, 0) is 43.0 Å². The van der Waals surface area contributed by atoms with Gasteiger partial charge in [0.05, 0.1) is 6.04 Å². The Morgan fingerprint density at radius 3 is 2.12 bits per heavy atom. The number of rotatable bonds is 4. The van der Waals surface area contributed by atoms with Crippen LogP contribution in [0.5, 0.6) is 0 Å². The van der Waals surface area contributed by atoms with Gasteiger partial charge in [-0.2, -0.15) is 0 Å². The third kappa shape index (κ3) is 4.03. The first-order valence-electron chi connectivity index (χ1n) is 7.86. The van der Waals surface area contributed by atoms with E-state index >= 15 is 0 Å². The molecule has 2 N–H and O–H groups in total. The summed E-state index contributed by atoms with van der Waals surface area (Å²) >= 11 is 1.64. The van der Waals surface area contributed by atoms with Crippen molar-refractivity contribution >= 4 is 23.1 Å². The standard InChI is InChI=1S/C20H20N2OS/c1-14-5-9-16(10-6-14)19(18-4-3-13-24-18)22-20(23)21-17-11-7-15(2)8-12-17/h3-13,19H,1-2H3,(H2,21,22,23)/t19-/m0/s1. The fraction of sp³-hybridized carbons (Fsp3) is 0.150. The molecule has 0 aliphatic heterocycles. The average Bonchev–Trinajstić information content (AvgIpc) is 3.10. The molecule has 2 amide bonds. The summed E-state index contributed by atoms with van der Waals surface area (Å²) in [5.74, 6) is 0. The number of anilines is 1. The zero-order chi connectivity index (χ0) is 16.9. The summed E-state index contributed by atoms with van der Waals surface area (Å²) in [4.78, 5) is 13.5. The molecule has 1 heterocycles. The van der Waals surface area contributed by atoms with Crippen molar-refractivity contribution in [3.63, 3.8) is 0 Å². The highest BCUT2D eigenvalue weighted by atomic mass is 32.1. The third-order valence-corrected chi connectivity index (χ3v) is 4.76. The molecular weight excluding hydrogens is 316 g/mol. The topological polar surface area (TPSA) is 41.1 Å². The lowest BCUT2D eigenvalue weighted by Crippen LogP contribution is -2.32. The van der Waals surface area contributed by atoms with Crippen molar-refractivity contribution in [1.29, 1.82) is 0 Å². The first-order chi connectivity index (χ1) is 11.6. The number of hydrogen-bond acceptors (Lipinski definition) is 2. The largest absolute Gasteiger partial charge is 0.326 e. The lowest BCUT2D eigenvalue weighted by molar-refractivity contribution is 0.250. The number of hydrogen-bond donors (Lipinski definition) is 2. The molecule has 0 radical (unpaired) electrons. The minimum Gasteiger partial charge on any atom is -0.326 e. The van der Waals surface area contributed by atoms with E-state index in [1.54, 1.807) is 11.3 Å². The van der Waals surface area contributed by atoms with Crippen LogP contribution < -0.4 is 10.6 Å². The summed E-state index contributed by atoms with van der Waals surface area (Å²) in [6.45, 7) is 4.08. The summed E-state index contributed by atoms with van der Waals surface area (Å²) in [5.41, 5.74) is 4.22. The highest BCUT2D eigenvalue weighted by Gasteiger charge is 2.17. The molecule has 4 heteroatoms. The van der Waals surface area contributed by atoms with E-state index in [2.05, 4.69) is 41.8 Å². The van der Waals surface area contributed by atoms with Gasteiger partial charge in [0, 0.05) is 10.6 Å². The molecule has 0 bridgehead atoms. The van der Waals surface area contributed by atoms with E-state index in [-0.39, 0.29) is 12.1 Å². The molecule has 2 aromatic carbocycles. The van der Waals surface area contributed by atoms with Crippen LogP contribution >= 0.6 is 11.3 Å². The van der Waals surface area contributed by atoms with Gasteiger partial charge in [0.2, 0.25) is 0 Å². The van der Waals surface area contributed by atoms with Crippen molar-refractivity contribution < 1.29 is 4.79 Å². The normalized spacial score (nSPS) is 11.8. The molecule has 0 fully saturated rings. The minimum atomic E-state index is -0.210. The van der Waals surface area contributed by atoms with Crippen LogP contribution in [0.2, 0.25) is 0 Å². The lowest BCUT2D eigenvalue weighted by Gasteiger charge is -2.19. The van der Waals surface area contributed by atoms with Crippen molar-refractivity contribution in [2.75, 3.05) is 5.32 Å². The molecule has 0 spiro atoms. The second kappa shape index (κ2) is 7.32. The van der Waals surface area contributed by atoms with Crippen molar-refractivity contribution in [2.45, 2.75) is 19.9 Å². The Morgan fingerprint density at radius 1 is 0.917 bits per heavy atom. The van der Waals surface area contributed by atoms with Gasteiger partial charge in [0.15, 0.2) is 0 Å². The molecule has 0 aliphatic rings. The number of aryl methyl sites for hydroxylation is 2. The Labute approximate surface area is 146 Å². The van der Waals surface area contributed by atoms with E-state index in [4.69, 9.17) is 0 Å². The number of carbonyl (C=O) groups is 1. The third-order valence-electron chi connectivity index (χ3n) is 3.82. The van der Waals surface area contributed by atoms with Gasteiger partial charge in [-0.25, -0.2) is 4.79 Å². The molecule has 122 valence electrons. The Morgan fingerprint density at radius 2 is 1.54 bits per heavy atom. The van der Waals surface area contributed by atoms with E-state index in [1.165, 1.54) is 5.56 Å². The first kappa shape index (κ1) is 16.3. The van der Waals surface area contributed by atoms with Crippen LogP contribution in [0.25, 0.3) is 0 Å². The molecule has 3 aromatic rings. The molecular formula is C20H20N2OS. The predicted molar refractivity (Wildman–Crippen MR) is 101 cm³/mol. The summed E-state index contributed by atoms with van der Waals surface area (Å²) in [5, 5.41) is 8.00. The van der Waals surface area contributed by atoms with E-state index in [0.29, 0.717) is 0 Å². The number of amides is 2. The maximum Gasteiger partial charge on any atom is 0.320 e. The van der Waals surface area contributed by atoms with E-state index < -0.39 is 0 Å². The fourth-order valence-corrected chi connectivity index (χ4v) is 3.27. The Balaban J connectivity index is 1.77. The van der Waals surface area contributed by atoms with Crippen molar-refractivity contribution in [2.24, 2.45) is 0 Å². The highest BCUT2D eigenvalue weighted by molar-refractivity contribution is 7.10. The number of carbonyl (C=O) groups excluding carboxylic acids is 1. The van der Waals surface area contributed by atoms with Crippen molar-refractivity contribution in [1.82, 2.24) is 5.32 Å². The second-order valence-corrected chi connectivity index (χ2v) is 6.80. The summed E-state index contributed by atoms with van der Waals surface area (Å²) in [6, 6.07) is 19.7. The SMILES string of the molecule is Cc1ccc(NC(=O)N[C@@H](c2ccc(C)cc2)c2cccs2)cc1. The maximum atomic E-state index is 12.4. The highest BCUT2D eigenvalue weighted by Crippen LogP contribution is 2.26. The summed E-state index contributed by atoms with van der Waals surface area (Å²) in [7, 11) is 0. The quantitative estimate of drug-likeness (QED) is 0.669. The molecule has 1 aromatic heterocycles. The van der Waals surface area contributed by atoms with E-state index in [1.807, 2.05) is 48.7 Å². The fourth-order valence-electron chi connectivity index (χ4n) is 2.47. The number of benzene rings is 2. The van der Waals surface area contributed by atoms with Crippen molar-refractivity contribution in [3.05, 3.63) is 87.6 Å². The van der Waals surface area contributed by atoms with Gasteiger partial charge in [0.1, 0.15) is 0 Å². The monoisotopic (exact) mass is 336 g/mol. The molecule has 24 heavy (non-hydrogen) atoms. The first-order valence-corrected chi connectivity index (χ1v) is 8.74. The van der Waals surface area contributed by atoms with Gasteiger partial charge in [0.25, 0.3) is 0 Å². The Kier molecular flexibility index (Phi) is 4.96. The maximum absolute atomic E-state index is 12.4. The van der Waals surface area contributed by atoms with E-state index in [0.717, 1.165) is 21.7 Å². The van der Waals surface area contributed by atoms with Gasteiger partial charge < -0.3 is 10.6 Å². The van der Waals surface area contributed by atoms with Crippen LogP contribution in [-0.4, -0.2) is 6.03 Å². The number of thiophene rings is 1. The summed E-state index contributed by atoms with van der Waals surface area (Å²) < 4.78 is 0. The van der Waals surface area contributed by atoms with Crippen LogP contribution in [0.1, 0.15) is 27.6 Å². The molecule has 0 saturated heterocycles. The van der Waals surface area contributed by atoms with Crippen LogP contribution in [0.3, 0.4) is 0 Å². The van der Waals surface area contributed by atoms with Crippen LogP contribution in [0.4, 0.5) is 10.5 Å².